The maximum absolute atomic E-state index is 13.3. The smallest absolute Gasteiger partial charge is 0.254 e. The van der Waals surface area contributed by atoms with Gasteiger partial charge in [0.2, 0.25) is 0 Å². The lowest BCUT2D eigenvalue weighted by atomic mass is 9.80. The lowest BCUT2D eigenvalue weighted by Gasteiger charge is -2.47. The molecule has 42 heavy (non-hydrogen) atoms. The number of aryl methyl sites for hydroxylation is 1. The number of hydrogen-bond donors (Lipinski definition) is 2. The van der Waals surface area contributed by atoms with E-state index in [1.807, 2.05) is 33.1 Å². The first kappa shape index (κ1) is 31.4. The molecule has 1 aliphatic carbocycles. The van der Waals surface area contributed by atoms with Crippen LogP contribution in [0.2, 0.25) is 24.7 Å². The number of amides is 1. The minimum absolute atomic E-state index is 0.110. The third-order valence-corrected chi connectivity index (χ3v) is 10.9. The number of aromatic amines is 1. The van der Waals surface area contributed by atoms with Crippen molar-refractivity contribution in [3.63, 3.8) is 0 Å². The van der Waals surface area contributed by atoms with Gasteiger partial charge in [0.15, 0.2) is 11.5 Å². The molecule has 1 aromatic carbocycles. The third-order valence-electron chi connectivity index (χ3n) is 8.75. The average Bonchev–Trinajstić information content (AvgIpc) is 3.28. The molecule has 8 nitrogen and oxygen atoms in total. The predicted molar refractivity (Wildman–Crippen MR) is 171 cm³/mol. The molecule has 1 saturated carbocycles. The first-order valence-electron chi connectivity index (χ1n) is 14.9. The molecule has 5 rings (SSSR count). The molecule has 1 amide bonds. The fourth-order valence-corrected chi connectivity index (χ4v) is 7.93. The number of carbonyl (C=O) groups is 1. The molecule has 230 valence electrons. The van der Waals surface area contributed by atoms with Crippen LogP contribution in [0.5, 0.6) is 11.5 Å². The van der Waals surface area contributed by atoms with Crippen molar-refractivity contribution >= 4 is 37.3 Å². The van der Waals surface area contributed by atoms with E-state index in [0.717, 1.165) is 55.6 Å². The zero-order chi connectivity index (χ0) is 30.4. The molecular weight excluding hydrogens is 590 g/mol. The van der Waals surface area contributed by atoms with E-state index in [9.17, 15) is 9.59 Å². The fraction of sp³-hybridized carbons (Fsp3) is 0.613. The predicted octanol–water partition coefficient (Wildman–Crippen LogP) is 5.92. The number of hydrogen-bond acceptors (Lipinski definition) is 7. The summed E-state index contributed by atoms with van der Waals surface area (Å²) in [6, 6.07) is 4.12. The quantitative estimate of drug-likeness (QED) is 0.262. The van der Waals surface area contributed by atoms with Crippen LogP contribution in [0, 0.1) is 19.8 Å². The molecule has 2 fully saturated rings. The van der Waals surface area contributed by atoms with Crippen LogP contribution in [0.15, 0.2) is 21.8 Å². The minimum Gasteiger partial charge on any atom is -0.448 e. The Morgan fingerprint density at radius 2 is 1.83 bits per heavy atom. The Balaban J connectivity index is 1.20. The summed E-state index contributed by atoms with van der Waals surface area (Å²) in [5, 5.41) is 3.25. The second-order valence-corrected chi connectivity index (χ2v) is 20.0. The highest BCUT2D eigenvalue weighted by molar-refractivity contribution is 7.98. The van der Waals surface area contributed by atoms with Crippen LogP contribution in [-0.4, -0.2) is 67.4 Å². The average molecular weight is 634 g/mol. The molecule has 3 heterocycles. The Labute approximate surface area is 259 Å². The monoisotopic (exact) mass is 633 g/mol. The van der Waals surface area contributed by atoms with Gasteiger partial charge in [-0.1, -0.05) is 31.2 Å². The summed E-state index contributed by atoms with van der Waals surface area (Å²) in [7, 11) is -1.18. The van der Waals surface area contributed by atoms with Crippen molar-refractivity contribution in [2.24, 2.45) is 5.92 Å². The number of likely N-dealkylation sites (tertiary alicyclic amines) is 1. The van der Waals surface area contributed by atoms with Crippen LogP contribution in [0.4, 0.5) is 0 Å². The number of pyridine rings is 1. The largest absolute Gasteiger partial charge is 0.448 e. The third kappa shape index (κ3) is 6.57. The fourth-order valence-electron chi connectivity index (χ4n) is 6.25. The summed E-state index contributed by atoms with van der Waals surface area (Å²) < 4.78 is 19.1. The van der Waals surface area contributed by atoms with E-state index in [2.05, 4.69) is 34.8 Å². The summed E-state index contributed by atoms with van der Waals surface area (Å²) in [6.45, 7) is 14.9. The van der Waals surface area contributed by atoms with Gasteiger partial charge in [0.1, 0.15) is 0 Å². The molecule has 2 aromatic rings. The van der Waals surface area contributed by atoms with Gasteiger partial charge in [0.25, 0.3) is 17.3 Å². The SMILES string of the molecule is CSc1cc(C)[nH]c(=O)c1CNC(=O)c1cc(Cl)c2c(c1C)OC(C)(C1CCC(N3CC(OC[Si](C)(C)C)C3)CC1)O2. The molecule has 0 spiro atoms. The maximum Gasteiger partial charge on any atom is 0.254 e. The molecule has 0 bridgehead atoms. The molecule has 0 radical (unpaired) electrons. The van der Waals surface area contributed by atoms with Crippen LogP contribution >= 0.6 is 23.4 Å². The van der Waals surface area contributed by atoms with E-state index in [0.29, 0.717) is 45.4 Å². The highest BCUT2D eigenvalue weighted by atomic mass is 35.5. The number of thioether (sulfide) groups is 1. The van der Waals surface area contributed by atoms with Gasteiger partial charge >= 0.3 is 0 Å². The summed E-state index contributed by atoms with van der Waals surface area (Å²) >= 11 is 8.14. The van der Waals surface area contributed by atoms with Gasteiger partial charge in [-0.05, 0) is 57.9 Å². The number of H-pyrrole nitrogens is 1. The van der Waals surface area contributed by atoms with Crippen molar-refractivity contribution in [1.82, 2.24) is 15.2 Å². The van der Waals surface area contributed by atoms with Crippen LogP contribution in [0.25, 0.3) is 0 Å². The van der Waals surface area contributed by atoms with Gasteiger partial charge in [-0.25, -0.2) is 0 Å². The summed E-state index contributed by atoms with van der Waals surface area (Å²) in [5.74, 6) is 0.0911. The van der Waals surface area contributed by atoms with E-state index < -0.39 is 13.9 Å². The molecule has 2 N–H and O–H groups in total. The normalized spacial score (nSPS) is 24.5. The Kier molecular flexibility index (Phi) is 9.12. The number of nitrogens with zero attached hydrogens (tertiary/aromatic N) is 1. The summed E-state index contributed by atoms with van der Waals surface area (Å²) in [6.07, 6.45) is 7.42. The van der Waals surface area contributed by atoms with Gasteiger partial charge in [-0.3, -0.25) is 14.5 Å². The zero-order valence-electron chi connectivity index (χ0n) is 25.8. The second-order valence-electron chi connectivity index (χ2n) is 13.4. The van der Waals surface area contributed by atoms with Crippen molar-refractivity contribution in [2.45, 2.75) is 95.5 Å². The molecule has 11 heteroatoms. The van der Waals surface area contributed by atoms with Crippen LogP contribution in [-0.2, 0) is 11.3 Å². The molecule has 1 atom stereocenters. The first-order valence-corrected chi connectivity index (χ1v) is 20.2. The Morgan fingerprint density at radius 1 is 1.17 bits per heavy atom. The number of aromatic nitrogens is 1. The van der Waals surface area contributed by atoms with Crippen LogP contribution < -0.4 is 20.3 Å². The van der Waals surface area contributed by atoms with Gasteiger partial charge in [-0.15, -0.1) is 11.8 Å². The highest BCUT2D eigenvalue weighted by Crippen LogP contribution is 2.52. The number of halogens is 1. The standard InChI is InChI=1S/C31H44ClN3O5SSi/c1-18-12-26(41-4)24(30(37)34-18)14-33-29(36)23-13-25(32)28-27(19(23)2)39-31(3,40-28)20-8-10-21(11-9-20)35-15-22(16-35)38-17-42(5,6)7/h12-13,20-22H,8-11,14-17H2,1-7H3,(H,33,36)(H,34,37). The highest BCUT2D eigenvalue weighted by Gasteiger charge is 2.48. The second kappa shape index (κ2) is 12.2. The molecule has 1 saturated heterocycles. The Morgan fingerprint density at radius 3 is 2.48 bits per heavy atom. The van der Waals surface area contributed by atoms with Crippen molar-refractivity contribution < 1.29 is 19.0 Å². The molecular formula is C31H44ClN3O5SSi. The van der Waals surface area contributed by atoms with E-state index in [1.165, 1.54) is 11.8 Å². The van der Waals surface area contributed by atoms with Crippen molar-refractivity contribution in [3.05, 3.63) is 49.9 Å². The lowest BCUT2D eigenvalue weighted by molar-refractivity contribution is -0.130. The number of ether oxygens (including phenoxy) is 3. The Bertz CT molecular complexity index is 1400. The lowest BCUT2D eigenvalue weighted by Crippen LogP contribution is -2.58. The molecule has 1 unspecified atom stereocenters. The maximum atomic E-state index is 13.3. The van der Waals surface area contributed by atoms with Crippen molar-refractivity contribution in [2.75, 3.05) is 25.6 Å². The van der Waals surface area contributed by atoms with E-state index in [-0.39, 0.29) is 23.9 Å². The van der Waals surface area contributed by atoms with E-state index in [1.54, 1.807) is 6.07 Å². The first-order chi connectivity index (χ1) is 19.8. The molecule has 3 aliphatic rings. The van der Waals surface area contributed by atoms with Gasteiger partial charge in [-0.2, -0.15) is 0 Å². The zero-order valence-corrected chi connectivity index (χ0v) is 28.4. The van der Waals surface area contributed by atoms with Crippen LogP contribution in [0.1, 0.15) is 59.8 Å². The van der Waals surface area contributed by atoms with Gasteiger partial charge in [0.05, 0.1) is 19.2 Å². The van der Waals surface area contributed by atoms with E-state index in [4.69, 9.17) is 25.8 Å². The summed E-state index contributed by atoms with van der Waals surface area (Å²) in [5.41, 5.74) is 2.20. The van der Waals surface area contributed by atoms with E-state index >= 15 is 0 Å². The van der Waals surface area contributed by atoms with Gasteiger partial charge in [0, 0.05) is 72.0 Å². The Hall–Kier alpha value is -1.98. The molecule has 1 aromatic heterocycles. The number of benzene rings is 1. The number of carbonyl (C=O) groups excluding carboxylic acids is 1. The minimum atomic E-state index is -1.18. The number of rotatable bonds is 9. The van der Waals surface area contributed by atoms with Crippen LogP contribution in [0.3, 0.4) is 0 Å². The molecule has 2 aliphatic heterocycles. The van der Waals surface area contributed by atoms with Gasteiger partial charge < -0.3 is 24.5 Å². The number of fused-ring (bicyclic) bond motifs is 1. The number of nitrogens with one attached hydrogen (secondary N) is 2. The summed E-state index contributed by atoms with van der Waals surface area (Å²) in [4.78, 5) is 32.0. The topological polar surface area (TPSA) is 92.9 Å². The van der Waals surface area contributed by atoms with Crippen molar-refractivity contribution in [3.8, 4) is 11.5 Å². The van der Waals surface area contributed by atoms with Crippen molar-refractivity contribution in [1.29, 1.82) is 0 Å².